The normalized spacial score (nSPS) is 14.6. The van der Waals surface area contributed by atoms with Crippen LogP contribution in [-0.2, 0) is 24.5 Å². The zero-order chi connectivity index (χ0) is 34.3. The highest BCUT2D eigenvalue weighted by atomic mass is 19.4. The molecule has 1 saturated carbocycles. The van der Waals surface area contributed by atoms with Gasteiger partial charge in [0, 0.05) is 25.0 Å². The van der Waals surface area contributed by atoms with Crippen molar-refractivity contribution < 1.29 is 36.3 Å². The number of aromatic nitrogens is 3. The molecule has 4 aromatic rings. The summed E-state index contributed by atoms with van der Waals surface area (Å²) in [6, 6.07) is 9.16. The van der Waals surface area contributed by atoms with E-state index in [2.05, 4.69) is 15.3 Å². The number of nitrogens with zero attached hydrogens (tertiary/aromatic N) is 4. The van der Waals surface area contributed by atoms with Crippen LogP contribution in [0, 0.1) is 24.5 Å². The molecule has 2 aromatic carbocycles. The van der Waals surface area contributed by atoms with E-state index < -0.39 is 46.8 Å². The van der Waals surface area contributed by atoms with E-state index in [0.29, 0.717) is 22.8 Å². The standard InChI is InChI=1S/C34H34F5N5O3/c1-19-14-22(8-11-26(19)36)29(21-6-7-21)41-30(45)28-16-20(15-27(40-28)24-10-9-23(35)17-25(24)34(37,38)39)18-44-13-12-43(5)31(44)42-32(46)47-33(2,3)4/h8-17,21,29H,6-7,18H2,1-5H3,(H,41,45)/b42-31-/t29-/m0/s1. The molecule has 1 aliphatic rings. The fraction of sp³-hybridized carbons (Fsp3) is 0.353. The summed E-state index contributed by atoms with van der Waals surface area (Å²) in [7, 11) is 1.65. The monoisotopic (exact) mass is 655 g/mol. The minimum absolute atomic E-state index is 0.0238. The molecule has 2 amide bonds. The molecule has 0 spiro atoms. The van der Waals surface area contributed by atoms with Crippen molar-refractivity contribution in [1.82, 2.24) is 19.4 Å². The van der Waals surface area contributed by atoms with Gasteiger partial charge in [0.05, 0.1) is 23.8 Å². The van der Waals surface area contributed by atoms with Gasteiger partial charge in [0.1, 0.15) is 22.9 Å². The number of benzene rings is 2. The zero-order valence-electron chi connectivity index (χ0n) is 26.5. The number of hydrogen-bond acceptors (Lipinski definition) is 4. The Morgan fingerprint density at radius 1 is 1.04 bits per heavy atom. The Balaban J connectivity index is 1.58. The van der Waals surface area contributed by atoms with Crippen molar-refractivity contribution in [2.24, 2.45) is 18.0 Å². The Kier molecular flexibility index (Phi) is 9.11. The Labute approximate surface area is 267 Å². The molecule has 0 radical (unpaired) electrons. The number of carbonyl (C=O) groups excluding carboxylic acids is 2. The van der Waals surface area contributed by atoms with E-state index in [1.807, 2.05) is 0 Å². The second-order valence-corrected chi connectivity index (χ2v) is 12.7. The van der Waals surface area contributed by atoms with Crippen LogP contribution in [0.15, 0.2) is 65.9 Å². The molecule has 248 valence electrons. The van der Waals surface area contributed by atoms with Crippen LogP contribution in [-0.4, -0.2) is 31.7 Å². The maximum Gasteiger partial charge on any atom is 0.437 e. The van der Waals surface area contributed by atoms with Gasteiger partial charge in [0.15, 0.2) is 0 Å². The number of hydrogen-bond donors (Lipinski definition) is 1. The van der Waals surface area contributed by atoms with Crippen LogP contribution in [0.1, 0.15) is 72.4 Å². The lowest BCUT2D eigenvalue weighted by atomic mass is 9.99. The number of imidazole rings is 1. The first kappa shape index (κ1) is 33.6. The molecule has 0 aliphatic heterocycles. The first-order valence-corrected chi connectivity index (χ1v) is 14.9. The van der Waals surface area contributed by atoms with Crippen LogP contribution >= 0.6 is 0 Å². The number of alkyl halides is 3. The van der Waals surface area contributed by atoms with Crippen LogP contribution in [0.5, 0.6) is 0 Å². The Morgan fingerprint density at radius 3 is 2.40 bits per heavy atom. The van der Waals surface area contributed by atoms with E-state index in [-0.39, 0.29) is 35.3 Å². The quantitative estimate of drug-likeness (QED) is 0.212. The van der Waals surface area contributed by atoms with E-state index in [9.17, 15) is 31.5 Å². The van der Waals surface area contributed by atoms with E-state index >= 15 is 0 Å². The third kappa shape index (κ3) is 8.13. The van der Waals surface area contributed by atoms with Gasteiger partial charge in [0.2, 0.25) is 5.62 Å². The minimum atomic E-state index is -4.91. The van der Waals surface area contributed by atoms with Crippen molar-refractivity contribution in [2.75, 3.05) is 0 Å². The van der Waals surface area contributed by atoms with Gasteiger partial charge < -0.3 is 19.2 Å². The highest BCUT2D eigenvalue weighted by Gasteiger charge is 2.36. The van der Waals surface area contributed by atoms with Gasteiger partial charge in [-0.25, -0.2) is 18.6 Å². The van der Waals surface area contributed by atoms with Crippen molar-refractivity contribution in [3.8, 4) is 11.3 Å². The summed E-state index contributed by atoms with van der Waals surface area (Å²) < 4.78 is 78.7. The highest BCUT2D eigenvalue weighted by molar-refractivity contribution is 5.93. The molecule has 1 N–H and O–H groups in total. The third-order valence-electron chi connectivity index (χ3n) is 7.58. The molecule has 13 heteroatoms. The molecule has 0 bridgehead atoms. The topological polar surface area (TPSA) is 90.5 Å². The van der Waals surface area contributed by atoms with Gasteiger partial charge >= 0.3 is 12.3 Å². The second kappa shape index (κ2) is 12.8. The number of aryl methyl sites for hydroxylation is 2. The van der Waals surface area contributed by atoms with Crippen LogP contribution in [0.3, 0.4) is 0 Å². The molecule has 1 fully saturated rings. The molecule has 8 nitrogen and oxygen atoms in total. The number of rotatable bonds is 7. The molecular weight excluding hydrogens is 621 g/mol. The molecule has 5 rings (SSSR count). The molecule has 1 atom stereocenters. The van der Waals surface area contributed by atoms with Gasteiger partial charge in [0.25, 0.3) is 5.91 Å². The van der Waals surface area contributed by atoms with Crippen molar-refractivity contribution in [1.29, 1.82) is 0 Å². The average Bonchev–Trinajstić information content (AvgIpc) is 3.76. The van der Waals surface area contributed by atoms with E-state index in [1.165, 1.54) is 18.2 Å². The minimum Gasteiger partial charge on any atom is -0.442 e. The number of ether oxygens (including phenoxy) is 1. The third-order valence-corrected chi connectivity index (χ3v) is 7.58. The number of halogens is 5. The lowest BCUT2D eigenvalue weighted by Crippen LogP contribution is -2.31. The molecule has 2 aromatic heterocycles. The Bertz CT molecular complexity index is 1900. The summed E-state index contributed by atoms with van der Waals surface area (Å²) in [6.45, 7) is 6.68. The second-order valence-electron chi connectivity index (χ2n) is 12.7. The lowest BCUT2D eigenvalue weighted by Gasteiger charge is -2.20. The predicted octanol–water partition coefficient (Wildman–Crippen LogP) is 7.26. The maximum absolute atomic E-state index is 14.1. The van der Waals surface area contributed by atoms with Gasteiger partial charge in [-0.15, -0.1) is 4.99 Å². The smallest absolute Gasteiger partial charge is 0.437 e. The van der Waals surface area contributed by atoms with Crippen LogP contribution in [0.25, 0.3) is 11.3 Å². The van der Waals surface area contributed by atoms with Gasteiger partial charge in [-0.05, 0) is 99.5 Å². The van der Waals surface area contributed by atoms with Crippen LogP contribution in [0.2, 0.25) is 0 Å². The lowest BCUT2D eigenvalue weighted by molar-refractivity contribution is -0.137. The van der Waals surface area contributed by atoms with Gasteiger partial charge in [-0.2, -0.15) is 13.2 Å². The Morgan fingerprint density at radius 2 is 1.77 bits per heavy atom. The Hall–Kier alpha value is -4.81. The molecule has 0 unspecified atom stereocenters. The molecule has 0 saturated heterocycles. The first-order chi connectivity index (χ1) is 22.0. The fourth-order valence-corrected chi connectivity index (χ4v) is 5.23. The van der Waals surface area contributed by atoms with Crippen LogP contribution < -0.4 is 10.9 Å². The van der Waals surface area contributed by atoms with E-state index in [1.54, 1.807) is 68.4 Å². The van der Waals surface area contributed by atoms with Crippen molar-refractivity contribution in [3.05, 3.63) is 106 Å². The fourth-order valence-electron chi connectivity index (χ4n) is 5.23. The number of pyridine rings is 1. The summed E-state index contributed by atoms with van der Waals surface area (Å²) in [6.07, 6.45) is -0.846. The highest BCUT2D eigenvalue weighted by Crippen LogP contribution is 2.42. The number of amides is 2. The molecule has 2 heterocycles. The first-order valence-electron chi connectivity index (χ1n) is 14.9. The van der Waals surface area contributed by atoms with Crippen molar-refractivity contribution in [3.63, 3.8) is 0 Å². The van der Waals surface area contributed by atoms with Crippen LogP contribution in [0.4, 0.5) is 26.7 Å². The van der Waals surface area contributed by atoms with E-state index in [4.69, 9.17) is 4.74 Å². The predicted molar refractivity (Wildman–Crippen MR) is 163 cm³/mol. The summed E-state index contributed by atoms with van der Waals surface area (Å²) >= 11 is 0. The van der Waals surface area contributed by atoms with Crippen molar-refractivity contribution >= 4 is 12.0 Å². The SMILES string of the molecule is Cc1cc([C@@H](NC(=O)c2cc(Cn3ccn(C)/c3=N/C(=O)OC(C)(C)C)cc(-c3ccc(F)cc3C(F)(F)F)n2)C2CC2)ccc1F. The largest absolute Gasteiger partial charge is 0.442 e. The molecule has 1 aliphatic carbocycles. The number of carbonyl (C=O) groups is 2. The average molecular weight is 656 g/mol. The van der Waals surface area contributed by atoms with E-state index in [0.717, 1.165) is 25.0 Å². The summed E-state index contributed by atoms with van der Waals surface area (Å²) in [5.74, 6) is -2.02. The number of nitrogens with one attached hydrogen (secondary N) is 1. The summed E-state index contributed by atoms with van der Waals surface area (Å²) in [5, 5.41) is 2.95. The molecule has 47 heavy (non-hydrogen) atoms. The van der Waals surface area contributed by atoms with Crippen molar-refractivity contribution in [2.45, 2.75) is 64.9 Å². The summed E-state index contributed by atoms with van der Waals surface area (Å²) in [4.78, 5) is 34.6. The zero-order valence-corrected chi connectivity index (χ0v) is 26.5. The van der Waals surface area contributed by atoms with Gasteiger partial charge in [-0.1, -0.05) is 12.1 Å². The van der Waals surface area contributed by atoms with Gasteiger partial charge in [-0.3, -0.25) is 4.79 Å². The maximum atomic E-state index is 14.1. The summed E-state index contributed by atoms with van der Waals surface area (Å²) in [5.41, 5.74) is -1.20. The molecular formula is C34H34F5N5O3.